The van der Waals surface area contributed by atoms with Crippen LogP contribution < -0.4 is 9.86 Å². The van der Waals surface area contributed by atoms with Gasteiger partial charge in [0.05, 0.1) is 7.05 Å². The standard InChI is InChI=1S/C19H21N5O2/c1-24(26)14-18-19(21(15-24)12-16-8-4-2-5-9-16)22(23(25)20-18)13-17-10-6-3-7-11-17/h2-11H,12-15H2,1H3. The minimum Gasteiger partial charge on any atom is -0.631 e. The molecule has 4 rings (SSSR count). The number of nitrogens with zero attached hydrogens (tertiary/aromatic N) is 5. The van der Waals surface area contributed by atoms with Gasteiger partial charge in [0.2, 0.25) is 11.5 Å². The van der Waals surface area contributed by atoms with Crippen LogP contribution in [0.2, 0.25) is 0 Å². The van der Waals surface area contributed by atoms with E-state index in [0.29, 0.717) is 23.7 Å². The highest BCUT2D eigenvalue weighted by Crippen LogP contribution is 2.29. The molecule has 0 bridgehead atoms. The van der Waals surface area contributed by atoms with Crippen LogP contribution in [0.3, 0.4) is 0 Å². The van der Waals surface area contributed by atoms with Crippen molar-refractivity contribution in [3.05, 3.63) is 87.9 Å². The molecule has 1 atom stereocenters. The highest BCUT2D eigenvalue weighted by atomic mass is 16.5. The van der Waals surface area contributed by atoms with Crippen molar-refractivity contribution in [2.75, 3.05) is 18.6 Å². The number of fused-ring (bicyclic) bond motifs is 1. The maximum absolute atomic E-state index is 12.7. The normalized spacial score (nSPS) is 19.4. The second-order valence-electron chi connectivity index (χ2n) is 6.95. The summed E-state index contributed by atoms with van der Waals surface area (Å²) in [7, 11) is 1.62. The number of benzene rings is 2. The molecule has 1 aliphatic heterocycles. The Morgan fingerprint density at radius 2 is 1.58 bits per heavy atom. The van der Waals surface area contributed by atoms with E-state index in [9.17, 15) is 10.4 Å². The maximum Gasteiger partial charge on any atom is 0.212 e. The van der Waals surface area contributed by atoms with Crippen molar-refractivity contribution in [3.8, 4) is 0 Å². The lowest BCUT2D eigenvalue weighted by Gasteiger charge is -2.44. The fourth-order valence-electron chi connectivity index (χ4n) is 3.50. The molecule has 1 aliphatic rings. The predicted octanol–water partition coefficient (Wildman–Crippen LogP) is 1.99. The van der Waals surface area contributed by atoms with Gasteiger partial charge in [0.1, 0.15) is 13.1 Å². The zero-order valence-corrected chi connectivity index (χ0v) is 14.7. The Balaban J connectivity index is 1.73. The van der Waals surface area contributed by atoms with Crippen LogP contribution in [0, 0.1) is 10.4 Å². The summed E-state index contributed by atoms with van der Waals surface area (Å²) in [5.74, 6) is 0.735. The lowest BCUT2D eigenvalue weighted by atomic mass is 10.2. The van der Waals surface area contributed by atoms with Gasteiger partial charge in [0, 0.05) is 16.6 Å². The highest BCUT2D eigenvalue weighted by Gasteiger charge is 2.36. The summed E-state index contributed by atoms with van der Waals surface area (Å²) in [6, 6.07) is 19.7. The molecule has 2 heterocycles. The smallest absolute Gasteiger partial charge is 0.212 e. The molecule has 7 heteroatoms. The number of rotatable bonds is 4. The fourth-order valence-corrected chi connectivity index (χ4v) is 3.50. The molecule has 7 nitrogen and oxygen atoms in total. The first kappa shape index (κ1) is 16.6. The lowest BCUT2D eigenvalue weighted by molar-refractivity contribution is -0.876. The fraction of sp³-hybridized carbons (Fsp3) is 0.263. The molecule has 0 aliphatic carbocycles. The Morgan fingerprint density at radius 3 is 2.19 bits per heavy atom. The van der Waals surface area contributed by atoms with E-state index >= 15 is 0 Å². The second kappa shape index (κ2) is 6.44. The Bertz CT molecular complexity index is 893. The van der Waals surface area contributed by atoms with Gasteiger partial charge in [-0.3, -0.25) is 0 Å². The van der Waals surface area contributed by atoms with Crippen molar-refractivity contribution < 1.29 is 9.61 Å². The minimum absolute atomic E-state index is 0.199. The molecule has 1 unspecified atom stereocenters. The third kappa shape index (κ3) is 3.26. The van der Waals surface area contributed by atoms with Crippen LogP contribution >= 0.6 is 0 Å². The average Bonchev–Trinajstić information content (AvgIpc) is 2.91. The van der Waals surface area contributed by atoms with Gasteiger partial charge in [-0.15, -0.1) is 0 Å². The number of quaternary nitrogens is 1. The molecule has 134 valence electrons. The highest BCUT2D eigenvalue weighted by molar-refractivity contribution is 5.45. The summed E-state index contributed by atoms with van der Waals surface area (Å²) in [5.41, 5.74) is 2.66. The van der Waals surface area contributed by atoms with E-state index in [4.69, 9.17) is 0 Å². The van der Waals surface area contributed by atoms with Gasteiger partial charge in [-0.1, -0.05) is 65.3 Å². The van der Waals surface area contributed by atoms with Gasteiger partial charge in [-0.25, -0.2) is 0 Å². The summed E-state index contributed by atoms with van der Waals surface area (Å²) in [6.07, 6.45) is 0. The largest absolute Gasteiger partial charge is 0.631 e. The van der Waals surface area contributed by atoms with Gasteiger partial charge in [-0.05, 0) is 11.1 Å². The van der Waals surface area contributed by atoms with Crippen molar-refractivity contribution >= 4 is 5.82 Å². The van der Waals surface area contributed by atoms with Crippen molar-refractivity contribution in [3.63, 3.8) is 0 Å². The van der Waals surface area contributed by atoms with Crippen LogP contribution in [0.25, 0.3) is 0 Å². The SMILES string of the molecule is C[N+]1([O-])Cc2n[n+]([O-])n(Cc3ccccc3)c2N(Cc2ccccc2)C1. The molecular formula is C19H21N5O2. The molecule has 3 aromatic rings. The molecule has 0 N–H and O–H groups in total. The molecule has 26 heavy (non-hydrogen) atoms. The summed E-state index contributed by atoms with van der Waals surface area (Å²) in [4.78, 5) is 2.58. The van der Waals surface area contributed by atoms with Crippen LogP contribution in [0.1, 0.15) is 16.8 Å². The first-order valence-corrected chi connectivity index (χ1v) is 8.60. The topological polar surface area (TPSA) is 71.1 Å². The van der Waals surface area contributed by atoms with Crippen LogP contribution in [0.15, 0.2) is 60.7 Å². The molecule has 1 aromatic heterocycles. The predicted molar refractivity (Wildman–Crippen MR) is 97.5 cm³/mol. The molecule has 2 aromatic carbocycles. The molecule has 0 saturated carbocycles. The quantitative estimate of drug-likeness (QED) is 0.409. The molecule has 0 saturated heterocycles. The van der Waals surface area contributed by atoms with Crippen molar-refractivity contribution in [2.24, 2.45) is 0 Å². The van der Waals surface area contributed by atoms with E-state index in [1.807, 2.05) is 65.6 Å². The molecule has 0 spiro atoms. The number of anilines is 1. The van der Waals surface area contributed by atoms with Crippen molar-refractivity contribution in [2.45, 2.75) is 19.6 Å². The van der Waals surface area contributed by atoms with E-state index in [2.05, 4.69) is 5.10 Å². The average molecular weight is 351 g/mol. The summed E-state index contributed by atoms with van der Waals surface area (Å²) in [6.45, 7) is 1.46. The maximum atomic E-state index is 12.7. The number of hydrogen-bond acceptors (Lipinski definition) is 4. The van der Waals surface area contributed by atoms with Crippen LogP contribution in [-0.2, 0) is 19.6 Å². The second-order valence-corrected chi connectivity index (χ2v) is 6.95. The first-order valence-electron chi connectivity index (χ1n) is 8.60. The third-order valence-electron chi connectivity index (χ3n) is 4.56. The van der Waals surface area contributed by atoms with Gasteiger partial charge in [0.15, 0.2) is 6.67 Å². The van der Waals surface area contributed by atoms with E-state index in [-0.39, 0.29) is 13.2 Å². The van der Waals surface area contributed by atoms with Crippen molar-refractivity contribution in [1.82, 2.24) is 9.78 Å². The van der Waals surface area contributed by atoms with Gasteiger partial charge < -0.3 is 20.0 Å². The third-order valence-corrected chi connectivity index (χ3v) is 4.56. The zero-order chi connectivity index (χ0) is 18.1. The first-order chi connectivity index (χ1) is 12.5. The van der Waals surface area contributed by atoms with Gasteiger partial charge in [-0.2, -0.15) is 0 Å². The number of hydroxylamine groups is 3. The van der Waals surface area contributed by atoms with Crippen LogP contribution in [0.4, 0.5) is 5.82 Å². The van der Waals surface area contributed by atoms with E-state index in [1.165, 1.54) is 0 Å². The van der Waals surface area contributed by atoms with E-state index in [0.717, 1.165) is 16.9 Å². The summed E-state index contributed by atoms with van der Waals surface area (Å²) in [5, 5.41) is 29.3. The zero-order valence-electron chi connectivity index (χ0n) is 14.7. The molecule has 0 amide bonds. The molecule has 0 fully saturated rings. The minimum atomic E-state index is -0.470. The van der Waals surface area contributed by atoms with Crippen molar-refractivity contribution in [1.29, 1.82) is 0 Å². The Kier molecular flexibility index (Phi) is 4.10. The summed E-state index contributed by atoms with van der Waals surface area (Å²) < 4.78 is 1.13. The molecular weight excluding hydrogens is 330 g/mol. The van der Waals surface area contributed by atoms with Crippen LogP contribution in [0.5, 0.6) is 0 Å². The Morgan fingerprint density at radius 1 is 1.00 bits per heavy atom. The van der Waals surface area contributed by atoms with Gasteiger partial charge >= 0.3 is 0 Å². The monoisotopic (exact) mass is 351 g/mol. The van der Waals surface area contributed by atoms with E-state index < -0.39 is 4.65 Å². The summed E-state index contributed by atoms with van der Waals surface area (Å²) >= 11 is 0. The van der Waals surface area contributed by atoms with E-state index in [1.54, 1.807) is 11.7 Å². The van der Waals surface area contributed by atoms with Gasteiger partial charge in [0.25, 0.3) is 0 Å². The molecule has 0 radical (unpaired) electrons. The Hall–Kier alpha value is -2.90. The number of aromatic nitrogens is 3. The van der Waals surface area contributed by atoms with Crippen LogP contribution in [-0.4, -0.2) is 28.1 Å². The number of hydrogen-bond donors (Lipinski definition) is 0. The Labute approximate surface area is 152 Å². The lowest BCUT2D eigenvalue weighted by Crippen LogP contribution is -2.51.